The molecule has 1 heterocycles. The Bertz CT molecular complexity index is 769. The fourth-order valence-corrected chi connectivity index (χ4v) is 2.38. The third-order valence-electron chi connectivity index (χ3n) is 3.30. The van der Waals surface area contributed by atoms with Gasteiger partial charge in [0.05, 0.1) is 24.4 Å². The first-order valence-corrected chi connectivity index (χ1v) is 7.17. The van der Waals surface area contributed by atoms with Crippen LogP contribution in [0.3, 0.4) is 0 Å². The van der Waals surface area contributed by atoms with Gasteiger partial charge in [0.1, 0.15) is 17.3 Å². The van der Waals surface area contributed by atoms with Crippen molar-refractivity contribution in [2.24, 2.45) is 0 Å². The van der Waals surface area contributed by atoms with Crippen LogP contribution in [0.2, 0.25) is 0 Å². The first kappa shape index (κ1) is 14.5. The van der Waals surface area contributed by atoms with Gasteiger partial charge in [-0.25, -0.2) is 9.07 Å². The predicted octanol–water partition coefficient (Wildman–Crippen LogP) is 3.82. The average molecular weight is 318 g/mol. The number of methoxy groups -OCH3 is 1. The van der Waals surface area contributed by atoms with E-state index in [1.807, 2.05) is 24.3 Å². The second kappa shape index (κ2) is 6.15. The van der Waals surface area contributed by atoms with Crippen LogP contribution >= 0.6 is 11.6 Å². The van der Waals surface area contributed by atoms with Gasteiger partial charge in [-0.15, -0.1) is 16.7 Å². The number of halogens is 2. The second-order valence-electron chi connectivity index (χ2n) is 4.64. The summed E-state index contributed by atoms with van der Waals surface area (Å²) in [4.78, 5) is 0. The maximum absolute atomic E-state index is 13.1. The van der Waals surface area contributed by atoms with Crippen LogP contribution in [0.15, 0.2) is 48.5 Å². The van der Waals surface area contributed by atoms with Crippen molar-refractivity contribution in [3.8, 4) is 22.7 Å². The Morgan fingerprint density at radius 1 is 1.09 bits per heavy atom. The van der Waals surface area contributed by atoms with Crippen molar-refractivity contribution in [1.29, 1.82) is 0 Å². The van der Waals surface area contributed by atoms with Gasteiger partial charge in [0, 0.05) is 5.56 Å². The summed E-state index contributed by atoms with van der Waals surface area (Å²) in [6, 6.07) is 13.6. The van der Waals surface area contributed by atoms with Crippen LogP contribution < -0.4 is 4.74 Å². The molecule has 1 aromatic heterocycles. The Morgan fingerprint density at radius 3 is 2.36 bits per heavy atom. The van der Waals surface area contributed by atoms with E-state index in [1.165, 1.54) is 12.1 Å². The minimum Gasteiger partial charge on any atom is -0.497 e. The van der Waals surface area contributed by atoms with E-state index in [1.54, 1.807) is 23.9 Å². The Hall–Kier alpha value is -2.40. The van der Waals surface area contributed by atoms with Crippen LogP contribution in [-0.2, 0) is 5.88 Å². The number of benzene rings is 2. The fraction of sp³-hybridized carbons (Fsp3) is 0.125. The largest absolute Gasteiger partial charge is 0.497 e. The molecule has 0 bridgehead atoms. The molecule has 0 fully saturated rings. The minimum atomic E-state index is -0.299. The molecule has 0 unspecified atom stereocenters. The van der Waals surface area contributed by atoms with E-state index < -0.39 is 0 Å². The Morgan fingerprint density at radius 2 is 1.77 bits per heavy atom. The minimum absolute atomic E-state index is 0.239. The molecule has 0 aliphatic heterocycles. The molecule has 0 amide bonds. The molecule has 0 atom stereocenters. The Labute approximate surface area is 132 Å². The number of hydrogen-bond acceptors (Lipinski definition) is 3. The van der Waals surface area contributed by atoms with E-state index in [2.05, 4.69) is 10.3 Å². The summed E-state index contributed by atoms with van der Waals surface area (Å²) in [5.41, 5.74) is 3.07. The lowest BCUT2D eigenvalue weighted by molar-refractivity contribution is 0.415. The van der Waals surface area contributed by atoms with Gasteiger partial charge >= 0.3 is 0 Å². The summed E-state index contributed by atoms with van der Waals surface area (Å²) in [6.07, 6.45) is 0. The van der Waals surface area contributed by atoms with Gasteiger partial charge in [0.2, 0.25) is 0 Å². The van der Waals surface area contributed by atoms with Gasteiger partial charge in [-0.1, -0.05) is 5.21 Å². The van der Waals surface area contributed by atoms with Crippen molar-refractivity contribution < 1.29 is 9.13 Å². The summed E-state index contributed by atoms with van der Waals surface area (Å²) in [5, 5.41) is 8.24. The lowest BCUT2D eigenvalue weighted by Crippen LogP contribution is -2.00. The first-order chi connectivity index (χ1) is 10.7. The van der Waals surface area contributed by atoms with Crippen LogP contribution in [0, 0.1) is 5.82 Å². The van der Waals surface area contributed by atoms with Crippen LogP contribution in [-0.4, -0.2) is 22.1 Å². The van der Waals surface area contributed by atoms with Crippen LogP contribution in [0.25, 0.3) is 16.9 Å². The van der Waals surface area contributed by atoms with E-state index in [4.69, 9.17) is 16.3 Å². The van der Waals surface area contributed by atoms with Crippen molar-refractivity contribution in [2.75, 3.05) is 7.11 Å². The van der Waals surface area contributed by atoms with Gasteiger partial charge in [-0.05, 0) is 48.5 Å². The molecule has 22 heavy (non-hydrogen) atoms. The molecule has 3 rings (SSSR count). The third-order valence-corrected chi connectivity index (χ3v) is 3.55. The molecule has 0 aliphatic rings. The quantitative estimate of drug-likeness (QED) is 0.687. The molecule has 6 heteroatoms. The molecule has 4 nitrogen and oxygen atoms in total. The van der Waals surface area contributed by atoms with Gasteiger partial charge in [0.25, 0.3) is 0 Å². The lowest BCUT2D eigenvalue weighted by Gasteiger charge is -2.08. The monoisotopic (exact) mass is 317 g/mol. The number of aromatic nitrogens is 3. The average Bonchev–Trinajstić information content (AvgIpc) is 2.99. The highest BCUT2D eigenvalue weighted by Gasteiger charge is 2.15. The van der Waals surface area contributed by atoms with Crippen molar-refractivity contribution in [1.82, 2.24) is 15.0 Å². The van der Waals surface area contributed by atoms with Crippen molar-refractivity contribution in [2.45, 2.75) is 5.88 Å². The third kappa shape index (κ3) is 2.67. The van der Waals surface area contributed by atoms with E-state index >= 15 is 0 Å². The first-order valence-electron chi connectivity index (χ1n) is 6.64. The highest BCUT2D eigenvalue weighted by molar-refractivity contribution is 6.17. The summed E-state index contributed by atoms with van der Waals surface area (Å²) in [5.74, 6) is 0.701. The predicted molar refractivity (Wildman–Crippen MR) is 82.9 cm³/mol. The molecular weight excluding hydrogens is 305 g/mol. The van der Waals surface area contributed by atoms with E-state index in [0.717, 1.165) is 22.7 Å². The molecule has 3 aromatic rings. The van der Waals surface area contributed by atoms with Crippen molar-refractivity contribution in [3.05, 3.63) is 60.0 Å². The standard InChI is InChI=1S/C16H13ClFN3O/c1-22-14-8-2-11(3-9-14)16-15(10-17)19-20-21(16)13-6-4-12(18)5-7-13/h2-9H,10H2,1H3. The molecule has 0 aliphatic carbocycles. The summed E-state index contributed by atoms with van der Waals surface area (Å²) >= 11 is 5.97. The van der Waals surface area contributed by atoms with Crippen molar-refractivity contribution in [3.63, 3.8) is 0 Å². The number of hydrogen-bond donors (Lipinski definition) is 0. The highest BCUT2D eigenvalue weighted by atomic mass is 35.5. The number of nitrogens with zero attached hydrogens (tertiary/aromatic N) is 3. The van der Waals surface area contributed by atoms with E-state index in [0.29, 0.717) is 5.69 Å². The number of ether oxygens (including phenoxy) is 1. The van der Waals surface area contributed by atoms with Crippen LogP contribution in [0.1, 0.15) is 5.69 Å². The maximum atomic E-state index is 13.1. The van der Waals surface area contributed by atoms with Crippen LogP contribution in [0.5, 0.6) is 5.75 Å². The zero-order valence-electron chi connectivity index (χ0n) is 11.8. The lowest BCUT2D eigenvalue weighted by atomic mass is 10.1. The Balaban J connectivity index is 2.12. The molecular formula is C16H13ClFN3O. The van der Waals surface area contributed by atoms with Gasteiger partial charge in [-0.3, -0.25) is 0 Å². The van der Waals surface area contributed by atoms with Gasteiger partial charge in [0.15, 0.2) is 0 Å². The summed E-state index contributed by atoms with van der Waals surface area (Å²) in [7, 11) is 1.61. The van der Waals surface area contributed by atoms with Gasteiger partial charge in [-0.2, -0.15) is 0 Å². The van der Waals surface area contributed by atoms with Gasteiger partial charge < -0.3 is 4.74 Å². The normalized spacial score (nSPS) is 10.7. The number of rotatable bonds is 4. The molecule has 0 saturated carbocycles. The molecule has 0 N–H and O–H groups in total. The molecule has 0 spiro atoms. The summed E-state index contributed by atoms with van der Waals surface area (Å²) in [6.45, 7) is 0. The molecule has 112 valence electrons. The summed E-state index contributed by atoms with van der Waals surface area (Å²) < 4.78 is 19.9. The number of alkyl halides is 1. The smallest absolute Gasteiger partial charge is 0.123 e. The zero-order chi connectivity index (χ0) is 15.5. The maximum Gasteiger partial charge on any atom is 0.123 e. The fourth-order valence-electron chi connectivity index (χ4n) is 2.20. The van der Waals surface area contributed by atoms with E-state index in [-0.39, 0.29) is 11.7 Å². The van der Waals surface area contributed by atoms with E-state index in [9.17, 15) is 4.39 Å². The highest BCUT2D eigenvalue weighted by Crippen LogP contribution is 2.28. The topological polar surface area (TPSA) is 39.9 Å². The Kier molecular flexibility index (Phi) is 4.06. The SMILES string of the molecule is COc1ccc(-c2c(CCl)nnn2-c2ccc(F)cc2)cc1. The zero-order valence-corrected chi connectivity index (χ0v) is 12.6. The van der Waals surface area contributed by atoms with Crippen molar-refractivity contribution >= 4 is 11.6 Å². The molecule has 0 saturated heterocycles. The molecule has 0 radical (unpaired) electrons. The van der Waals surface area contributed by atoms with Crippen LogP contribution in [0.4, 0.5) is 4.39 Å². The molecule has 2 aromatic carbocycles. The second-order valence-corrected chi connectivity index (χ2v) is 4.90.